The van der Waals surface area contributed by atoms with E-state index in [-0.39, 0.29) is 41.9 Å². The summed E-state index contributed by atoms with van der Waals surface area (Å²) < 4.78 is 55.8. The molecule has 1 amide bonds. The number of nitrogens with zero attached hydrogens (tertiary/aromatic N) is 3. The number of hydrogen-bond donors (Lipinski definition) is 2. The summed E-state index contributed by atoms with van der Waals surface area (Å²) in [5.41, 5.74) is 4.71. The molecule has 1 fully saturated rings. The minimum Gasteiger partial charge on any atom is -0.456 e. The first-order valence-corrected chi connectivity index (χ1v) is 9.28. The molecule has 12 heteroatoms. The van der Waals surface area contributed by atoms with Crippen LogP contribution < -0.4 is 15.8 Å². The van der Waals surface area contributed by atoms with Gasteiger partial charge in [0, 0.05) is 17.7 Å². The zero-order chi connectivity index (χ0) is 22.0. The molecule has 3 atom stereocenters. The molecule has 1 saturated heterocycles. The van der Waals surface area contributed by atoms with E-state index in [1.54, 1.807) is 0 Å². The van der Waals surface area contributed by atoms with E-state index in [0.717, 1.165) is 18.5 Å². The largest absolute Gasteiger partial charge is 0.456 e. The SMILES string of the molecule is NC1=N[C@]2(c3cc(NC(=O)c4cnc(OCF)cn4)ccc3F)CCO[C@@H]2[C@H](CF)O1. The van der Waals surface area contributed by atoms with Gasteiger partial charge >= 0.3 is 0 Å². The Morgan fingerprint density at radius 2 is 2.16 bits per heavy atom. The number of rotatable bonds is 6. The summed E-state index contributed by atoms with van der Waals surface area (Å²) in [5.74, 6) is -1.32. The topological polar surface area (TPSA) is 121 Å². The summed E-state index contributed by atoms with van der Waals surface area (Å²) in [6, 6.07) is 3.64. The Morgan fingerprint density at radius 3 is 2.87 bits per heavy atom. The lowest BCUT2D eigenvalue weighted by Gasteiger charge is -2.38. The molecule has 2 aliphatic rings. The van der Waals surface area contributed by atoms with Crippen molar-refractivity contribution in [1.82, 2.24) is 9.97 Å². The van der Waals surface area contributed by atoms with Crippen LogP contribution in [0.4, 0.5) is 18.9 Å². The van der Waals surface area contributed by atoms with E-state index >= 15 is 0 Å². The van der Waals surface area contributed by atoms with Crippen LogP contribution >= 0.6 is 0 Å². The van der Waals surface area contributed by atoms with Crippen molar-refractivity contribution >= 4 is 17.6 Å². The third-order valence-electron chi connectivity index (χ3n) is 5.08. The monoisotopic (exact) mass is 437 g/mol. The smallest absolute Gasteiger partial charge is 0.283 e. The van der Waals surface area contributed by atoms with Gasteiger partial charge in [0.25, 0.3) is 11.9 Å². The summed E-state index contributed by atoms with van der Waals surface area (Å²) in [5, 5.41) is 2.58. The highest BCUT2D eigenvalue weighted by Gasteiger charge is 2.54. The van der Waals surface area contributed by atoms with Gasteiger partial charge in [-0.1, -0.05) is 0 Å². The maximum absolute atomic E-state index is 14.8. The third kappa shape index (κ3) is 3.85. The average molecular weight is 437 g/mol. The van der Waals surface area contributed by atoms with Crippen LogP contribution in [0.3, 0.4) is 0 Å². The quantitative estimate of drug-likeness (QED) is 0.707. The second-order valence-corrected chi connectivity index (χ2v) is 6.87. The van der Waals surface area contributed by atoms with E-state index in [9.17, 15) is 18.0 Å². The Bertz CT molecular complexity index is 1010. The van der Waals surface area contributed by atoms with Crippen LogP contribution in [0.5, 0.6) is 5.88 Å². The number of amidine groups is 1. The van der Waals surface area contributed by atoms with Crippen LogP contribution in [-0.2, 0) is 15.0 Å². The molecule has 0 saturated carbocycles. The maximum atomic E-state index is 14.8. The standard InChI is InChI=1S/C19H18F3N5O4/c20-6-14-16-19(3-4-29-16,27-18(23)31-14)11-5-10(1-2-12(11)22)26-17(28)13-7-25-15(8-24-13)30-9-21/h1-2,5,7-8,14,16H,3-4,6,9H2,(H2,23,27)(H,26,28)/t14-,16+,19-/m0/s1. The third-order valence-corrected chi connectivity index (χ3v) is 5.08. The summed E-state index contributed by atoms with van der Waals surface area (Å²) in [6.07, 6.45) is 0.561. The maximum Gasteiger partial charge on any atom is 0.283 e. The van der Waals surface area contributed by atoms with Crippen molar-refractivity contribution in [3.05, 3.63) is 47.7 Å². The number of halogens is 3. The van der Waals surface area contributed by atoms with E-state index < -0.39 is 43.0 Å². The minimum absolute atomic E-state index is 0.0665. The van der Waals surface area contributed by atoms with E-state index in [0.29, 0.717) is 0 Å². The fraction of sp³-hybridized carbons (Fsp3) is 0.368. The van der Waals surface area contributed by atoms with Gasteiger partial charge in [0.2, 0.25) is 12.7 Å². The molecular formula is C19H18F3N5O4. The molecule has 2 aliphatic heterocycles. The molecule has 3 heterocycles. The summed E-state index contributed by atoms with van der Waals surface area (Å²) in [6.45, 7) is -1.76. The highest BCUT2D eigenvalue weighted by Crippen LogP contribution is 2.45. The molecule has 3 N–H and O–H groups in total. The van der Waals surface area contributed by atoms with Gasteiger partial charge in [0.1, 0.15) is 29.8 Å². The van der Waals surface area contributed by atoms with Crippen molar-refractivity contribution in [3.8, 4) is 5.88 Å². The molecule has 0 radical (unpaired) electrons. The Balaban J connectivity index is 1.63. The first-order chi connectivity index (χ1) is 15.0. The lowest BCUT2D eigenvalue weighted by Crippen LogP contribution is -2.51. The zero-order valence-electron chi connectivity index (χ0n) is 16.1. The first kappa shape index (κ1) is 20.8. The van der Waals surface area contributed by atoms with Gasteiger partial charge in [-0.15, -0.1) is 0 Å². The van der Waals surface area contributed by atoms with Crippen molar-refractivity contribution in [1.29, 1.82) is 0 Å². The van der Waals surface area contributed by atoms with Crippen molar-refractivity contribution in [2.45, 2.75) is 24.2 Å². The van der Waals surface area contributed by atoms with E-state index in [1.807, 2.05) is 0 Å². The van der Waals surface area contributed by atoms with Crippen molar-refractivity contribution in [2.75, 3.05) is 25.5 Å². The molecule has 0 spiro atoms. The van der Waals surface area contributed by atoms with E-state index in [4.69, 9.17) is 15.2 Å². The van der Waals surface area contributed by atoms with Gasteiger partial charge in [-0.3, -0.25) is 4.79 Å². The van der Waals surface area contributed by atoms with Crippen molar-refractivity contribution in [2.24, 2.45) is 10.7 Å². The molecule has 0 unspecified atom stereocenters. The van der Waals surface area contributed by atoms with E-state index in [2.05, 4.69) is 25.0 Å². The highest BCUT2D eigenvalue weighted by atomic mass is 19.1. The van der Waals surface area contributed by atoms with Gasteiger partial charge in [-0.05, 0) is 18.2 Å². The molecule has 31 heavy (non-hydrogen) atoms. The fourth-order valence-electron chi connectivity index (χ4n) is 3.75. The second-order valence-electron chi connectivity index (χ2n) is 6.87. The lowest BCUT2D eigenvalue weighted by molar-refractivity contribution is -0.0442. The van der Waals surface area contributed by atoms with Crippen molar-refractivity contribution < 1.29 is 32.2 Å². The number of carbonyl (C=O) groups is 1. The lowest BCUT2D eigenvalue weighted by atomic mass is 9.80. The normalized spacial score (nSPS) is 24.7. The molecule has 0 aliphatic carbocycles. The van der Waals surface area contributed by atoms with Gasteiger partial charge in [-0.25, -0.2) is 28.1 Å². The molecule has 1 aromatic carbocycles. The van der Waals surface area contributed by atoms with Gasteiger partial charge in [0.15, 0.2) is 6.10 Å². The van der Waals surface area contributed by atoms with Crippen LogP contribution in [0.1, 0.15) is 22.5 Å². The molecule has 164 valence electrons. The number of nitrogens with two attached hydrogens (primary N) is 1. The average Bonchev–Trinajstić information content (AvgIpc) is 3.20. The Morgan fingerprint density at radius 1 is 1.32 bits per heavy atom. The number of benzene rings is 1. The number of aromatic nitrogens is 2. The molecule has 2 aromatic rings. The van der Waals surface area contributed by atoms with Gasteiger partial charge < -0.3 is 25.3 Å². The molecular weight excluding hydrogens is 419 g/mol. The number of carbonyl (C=O) groups excluding carboxylic acids is 1. The second kappa shape index (κ2) is 8.38. The predicted molar refractivity (Wildman–Crippen MR) is 101 cm³/mol. The Kier molecular flexibility index (Phi) is 5.63. The number of anilines is 1. The summed E-state index contributed by atoms with van der Waals surface area (Å²) in [4.78, 5) is 24.4. The number of fused-ring (bicyclic) bond motifs is 1. The van der Waals surface area contributed by atoms with Crippen LogP contribution in [-0.4, -0.2) is 54.2 Å². The number of aliphatic imine (C=N–C) groups is 1. The van der Waals surface area contributed by atoms with Crippen molar-refractivity contribution in [3.63, 3.8) is 0 Å². The summed E-state index contributed by atoms with van der Waals surface area (Å²) >= 11 is 0. The van der Waals surface area contributed by atoms with Gasteiger partial charge in [0.05, 0.1) is 19.0 Å². The fourth-order valence-corrected chi connectivity index (χ4v) is 3.75. The predicted octanol–water partition coefficient (Wildman–Crippen LogP) is 1.84. The number of nitrogens with one attached hydrogen (secondary N) is 1. The Hall–Kier alpha value is -3.41. The molecule has 9 nitrogen and oxygen atoms in total. The van der Waals surface area contributed by atoms with Crippen LogP contribution in [0, 0.1) is 5.82 Å². The molecule has 1 aromatic heterocycles. The molecule has 4 rings (SSSR count). The number of amides is 1. The van der Waals surface area contributed by atoms with Gasteiger partial charge in [-0.2, -0.15) is 0 Å². The van der Waals surface area contributed by atoms with E-state index in [1.165, 1.54) is 12.1 Å². The van der Waals surface area contributed by atoms with Crippen LogP contribution in [0.25, 0.3) is 0 Å². The Labute approximate surface area is 174 Å². The summed E-state index contributed by atoms with van der Waals surface area (Å²) in [7, 11) is 0. The number of hydrogen-bond acceptors (Lipinski definition) is 8. The first-order valence-electron chi connectivity index (χ1n) is 9.28. The van der Waals surface area contributed by atoms with Crippen LogP contribution in [0.15, 0.2) is 35.6 Å². The number of alkyl halides is 2. The van der Waals surface area contributed by atoms with Crippen LogP contribution in [0.2, 0.25) is 0 Å². The minimum atomic E-state index is -1.28. The molecule has 0 bridgehead atoms. The highest BCUT2D eigenvalue weighted by molar-refractivity contribution is 6.02. The number of ether oxygens (including phenoxy) is 3. The zero-order valence-corrected chi connectivity index (χ0v) is 16.1.